The van der Waals surface area contributed by atoms with E-state index in [0.717, 1.165) is 12.1 Å². The highest BCUT2D eigenvalue weighted by Gasteiger charge is 2.17. The zero-order valence-electron chi connectivity index (χ0n) is 10.1. The molecule has 3 N–H and O–H groups in total. The van der Waals surface area contributed by atoms with Crippen molar-refractivity contribution in [2.75, 3.05) is 11.1 Å². The third-order valence-electron chi connectivity index (χ3n) is 2.55. The van der Waals surface area contributed by atoms with Crippen LogP contribution in [0.1, 0.15) is 15.9 Å². The number of nitrogen functional groups attached to an aromatic ring is 1. The third kappa shape index (κ3) is 2.67. The van der Waals surface area contributed by atoms with Gasteiger partial charge in [0.2, 0.25) is 0 Å². The van der Waals surface area contributed by atoms with Crippen molar-refractivity contribution in [3.63, 3.8) is 0 Å². The lowest BCUT2D eigenvalue weighted by Crippen LogP contribution is -2.16. The van der Waals surface area contributed by atoms with E-state index in [4.69, 9.17) is 5.73 Å². The number of carbonyl (C=O) groups is 1. The Balaban J connectivity index is 2.33. The molecule has 0 aliphatic rings. The van der Waals surface area contributed by atoms with E-state index in [1.54, 1.807) is 19.1 Å². The molecule has 0 bridgehead atoms. The van der Waals surface area contributed by atoms with E-state index in [9.17, 15) is 13.6 Å². The van der Waals surface area contributed by atoms with Crippen molar-refractivity contribution in [1.82, 2.24) is 4.98 Å². The summed E-state index contributed by atoms with van der Waals surface area (Å²) in [5.41, 5.74) is 5.11. The Hall–Kier alpha value is -2.50. The first-order valence-electron chi connectivity index (χ1n) is 5.46. The van der Waals surface area contributed by atoms with Crippen molar-refractivity contribution in [3.8, 4) is 0 Å². The van der Waals surface area contributed by atoms with Crippen molar-refractivity contribution >= 4 is 17.4 Å². The fourth-order valence-electron chi connectivity index (χ4n) is 1.57. The van der Waals surface area contributed by atoms with Gasteiger partial charge in [-0.05, 0) is 30.7 Å². The summed E-state index contributed by atoms with van der Waals surface area (Å²) in [7, 11) is 0. The molecular formula is C13H11F2N3O. The van der Waals surface area contributed by atoms with E-state index >= 15 is 0 Å². The molecule has 1 heterocycles. The van der Waals surface area contributed by atoms with Crippen LogP contribution in [0.5, 0.6) is 0 Å². The highest BCUT2D eigenvalue weighted by atomic mass is 19.1. The number of rotatable bonds is 2. The van der Waals surface area contributed by atoms with Crippen LogP contribution in [0.2, 0.25) is 0 Å². The number of benzene rings is 1. The van der Waals surface area contributed by atoms with Crippen molar-refractivity contribution in [3.05, 3.63) is 53.2 Å². The Kier molecular flexibility index (Phi) is 3.41. The maximum atomic E-state index is 13.7. The SMILES string of the molecule is Cc1cccnc1NC(=O)c1cc(F)cc(N)c1F. The smallest absolute Gasteiger partial charge is 0.259 e. The summed E-state index contributed by atoms with van der Waals surface area (Å²) in [4.78, 5) is 15.8. The summed E-state index contributed by atoms with van der Waals surface area (Å²) in [5, 5.41) is 2.41. The molecule has 4 nitrogen and oxygen atoms in total. The zero-order valence-corrected chi connectivity index (χ0v) is 10.1. The highest BCUT2D eigenvalue weighted by molar-refractivity contribution is 6.04. The number of nitrogens with one attached hydrogen (secondary N) is 1. The van der Waals surface area contributed by atoms with Crippen LogP contribution >= 0.6 is 0 Å². The van der Waals surface area contributed by atoms with Crippen molar-refractivity contribution in [2.45, 2.75) is 6.92 Å². The number of anilines is 2. The molecule has 0 aliphatic heterocycles. The Bertz CT molecular complexity index is 644. The molecule has 0 saturated carbocycles. The topological polar surface area (TPSA) is 68.0 Å². The van der Waals surface area contributed by atoms with Crippen LogP contribution in [0, 0.1) is 18.6 Å². The second kappa shape index (κ2) is 5.01. The van der Waals surface area contributed by atoms with Gasteiger partial charge in [0.05, 0.1) is 11.3 Å². The Morgan fingerprint density at radius 2 is 2.11 bits per heavy atom. The summed E-state index contributed by atoms with van der Waals surface area (Å²) in [6.07, 6.45) is 1.49. The van der Waals surface area contributed by atoms with Gasteiger partial charge in [-0.15, -0.1) is 0 Å². The number of hydrogen-bond acceptors (Lipinski definition) is 3. The van der Waals surface area contributed by atoms with Crippen molar-refractivity contribution in [2.24, 2.45) is 0 Å². The Morgan fingerprint density at radius 1 is 1.37 bits per heavy atom. The molecule has 98 valence electrons. The Morgan fingerprint density at radius 3 is 2.79 bits per heavy atom. The number of aromatic nitrogens is 1. The number of nitrogens with two attached hydrogens (primary N) is 1. The summed E-state index contributed by atoms with van der Waals surface area (Å²) in [5.74, 6) is -2.24. The number of amides is 1. The molecule has 0 fully saturated rings. The quantitative estimate of drug-likeness (QED) is 0.818. The standard InChI is InChI=1S/C13H11F2N3O/c1-7-3-2-4-17-12(7)18-13(19)9-5-8(14)6-10(16)11(9)15/h2-6H,16H2,1H3,(H,17,18,19). The first kappa shape index (κ1) is 12.9. The van der Waals surface area contributed by atoms with Gasteiger partial charge in [-0.3, -0.25) is 4.79 Å². The molecule has 2 rings (SSSR count). The average Bonchev–Trinajstić information content (AvgIpc) is 2.36. The minimum Gasteiger partial charge on any atom is -0.396 e. The number of halogens is 2. The van der Waals surface area contributed by atoms with Crippen LogP contribution in [-0.2, 0) is 0 Å². The van der Waals surface area contributed by atoms with Crippen LogP contribution in [0.4, 0.5) is 20.3 Å². The van der Waals surface area contributed by atoms with Gasteiger partial charge >= 0.3 is 0 Å². The van der Waals surface area contributed by atoms with E-state index in [0.29, 0.717) is 5.56 Å². The molecule has 0 saturated heterocycles. The molecule has 1 amide bonds. The molecule has 0 spiro atoms. The molecule has 0 aliphatic carbocycles. The highest BCUT2D eigenvalue weighted by Crippen LogP contribution is 2.19. The number of hydrogen-bond donors (Lipinski definition) is 2. The minimum atomic E-state index is -0.951. The third-order valence-corrected chi connectivity index (χ3v) is 2.55. The largest absolute Gasteiger partial charge is 0.396 e. The fraction of sp³-hybridized carbons (Fsp3) is 0.0769. The van der Waals surface area contributed by atoms with Crippen LogP contribution in [0.25, 0.3) is 0 Å². The lowest BCUT2D eigenvalue weighted by Gasteiger charge is -2.08. The maximum absolute atomic E-state index is 13.7. The average molecular weight is 263 g/mol. The fourth-order valence-corrected chi connectivity index (χ4v) is 1.57. The molecule has 0 unspecified atom stereocenters. The first-order chi connectivity index (χ1) is 8.99. The van der Waals surface area contributed by atoms with Gasteiger partial charge in [0, 0.05) is 6.20 Å². The van der Waals surface area contributed by atoms with Gasteiger partial charge in [-0.25, -0.2) is 13.8 Å². The monoisotopic (exact) mass is 263 g/mol. The van der Waals surface area contributed by atoms with E-state index < -0.39 is 28.8 Å². The molecule has 0 radical (unpaired) electrons. The molecule has 2 aromatic rings. The van der Waals surface area contributed by atoms with Gasteiger partial charge in [-0.1, -0.05) is 6.07 Å². The van der Waals surface area contributed by atoms with E-state index in [1.165, 1.54) is 6.20 Å². The van der Waals surface area contributed by atoms with Gasteiger partial charge in [-0.2, -0.15) is 0 Å². The minimum absolute atomic E-state index is 0.287. The van der Waals surface area contributed by atoms with E-state index in [1.807, 2.05) is 0 Å². The lowest BCUT2D eigenvalue weighted by atomic mass is 10.1. The second-order valence-corrected chi connectivity index (χ2v) is 3.98. The summed E-state index contributed by atoms with van der Waals surface area (Å²) >= 11 is 0. The number of nitrogens with zero attached hydrogens (tertiary/aromatic N) is 1. The van der Waals surface area contributed by atoms with E-state index in [-0.39, 0.29) is 5.82 Å². The molecular weight excluding hydrogens is 252 g/mol. The van der Waals surface area contributed by atoms with Crippen LogP contribution in [0.15, 0.2) is 30.5 Å². The normalized spacial score (nSPS) is 10.3. The van der Waals surface area contributed by atoms with Crippen LogP contribution < -0.4 is 11.1 Å². The number of pyridine rings is 1. The van der Waals surface area contributed by atoms with Crippen LogP contribution in [0.3, 0.4) is 0 Å². The van der Waals surface area contributed by atoms with Gasteiger partial charge in [0.1, 0.15) is 11.6 Å². The lowest BCUT2D eigenvalue weighted by molar-refractivity contribution is 0.102. The summed E-state index contributed by atoms with van der Waals surface area (Å²) < 4.78 is 26.8. The molecule has 6 heteroatoms. The van der Waals surface area contributed by atoms with Crippen LogP contribution in [-0.4, -0.2) is 10.9 Å². The summed E-state index contributed by atoms with van der Waals surface area (Å²) in [6.45, 7) is 1.74. The summed E-state index contributed by atoms with van der Waals surface area (Å²) in [6, 6.07) is 5.04. The van der Waals surface area contributed by atoms with E-state index in [2.05, 4.69) is 10.3 Å². The predicted molar refractivity (Wildman–Crippen MR) is 67.7 cm³/mol. The van der Waals surface area contributed by atoms with Crippen molar-refractivity contribution in [1.29, 1.82) is 0 Å². The van der Waals surface area contributed by atoms with Gasteiger partial charge < -0.3 is 11.1 Å². The molecule has 0 atom stereocenters. The maximum Gasteiger partial charge on any atom is 0.259 e. The molecule has 1 aromatic carbocycles. The predicted octanol–water partition coefficient (Wildman–Crippen LogP) is 2.50. The molecule has 1 aromatic heterocycles. The first-order valence-corrected chi connectivity index (χ1v) is 5.46. The van der Waals surface area contributed by atoms with Crippen molar-refractivity contribution < 1.29 is 13.6 Å². The number of aryl methyl sites for hydroxylation is 1. The van der Waals surface area contributed by atoms with Gasteiger partial charge in [0.25, 0.3) is 5.91 Å². The molecule has 19 heavy (non-hydrogen) atoms. The second-order valence-electron chi connectivity index (χ2n) is 3.98. The van der Waals surface area contributed by atoms with Gasteiger partial charge in [0.15, 0.2) is 5.82 Å². The zero-order chi connectivity index (χ0) is 14.0. The number of carbonyl (C=O) groups excluding carboxylic acids is 1. The Labute approximate surface area is 108 Å².